The van der Waals surface area contributed by atoms with Crippen molar-refractivity contribution < 1.29 is 18.7 Å². The summed E-state index contributed by atoms with van der Waals surface area (Å²) in [6, 6.07) is 3.84. The second-order valence-electron chi connectivity index (χ2n) is 4.62. The van der Waals surface area contributed by atoms with Crippen molar-refractivity contribution in [2.24, 2.45) is 5.73 Å². The Labute approximate surface area is 119 Å². The zero-order valence-electron chi connectivity index (χ0n) is 12.2. The molecule has 20 heavy (non-hydrogen) atoms. The predicted molar refractivity (Wildman–Crippen MR) is 75.0 cm³/mol. The maximum Gasteiger partial charge on any atom is 0.347 e. The summed E-state index contributed by atoms with van der Waals surface area (Å²) in [7, 11) is 0. The maximum absolute atomic E-state index is 13.4. The van der Waals surface area contributed by atoms with Gasteiger partial charge in [-0.15, -0.1) is 0 Å². The molecule has 0 aliphatic carbocycles. The summed E-state index contributed by atoms with van der Waals surface area (Å²) in [6.07, 6.45) is 0.527. The number of halogens is 1. The molecule has 0 aliphatic heterocycles. The molecule has 0 fully saturated rings. The Morgan fingerprint density at radius 1 is 1.40 bits per heavy atom. The molecule has 0 amide bonds. The minimum atomic E-state index is -0.737. The van der Waals surface area contributed by atoms with Crippen LogP contribution < -0.4 is 10.5 Å². The molecule has 5 heteroatoms. The summed E-state index contributed by atoms with van der Waals surface area (Å²) in [5, 5.41) is 0. The van der Waals surface area contributed by atoms with Crippen LogP contribution in [0.2, 0.25) is 0 Å². The Morgan fingerprint density at radius 3 is 2.65 bits per heavy atom. The summed E-state index contributed by atoms with van der Waals surface area (Å²) in [4.78, 5) is 11.8. The first-order valence-corrected chi connectivity index (χ1v) is 6.87. The van der Waals surface area contributed by atoms with Gasteiger partial charge in [0.2, 0.25) is 0 Å². The number of carbonyl (C=O) groups excluding carboxylic acids is 1. The van der Waals surface area contributed by atoms with Gasteiger partial charge >= 0.3 is 5.97 Å². The van der Waals surface area contributed by atoms with Crippen molar-refractivity contribution in [1.82, 2.24) is 0 Å². The van der Waals surface area contributed by atoms with Crippen LogP contribution in [0.15, 0.2) is 18.2 Å². The van der Waals surface area contributed by atoms with E-state index in [1.807, 2.05) is 6.92 Å². The number of nitrogens with two attached hydrogens (primary N) is 1. The van der Waals surface area contributed by atoms with Crippen molar-refractivity contribution >= 4 is 5.97 Å². The Balaban J connectivity index is 2.97. The Bertz CT molecular complexity index is 449. The Kier molecular flexibility index (Phi) is 6.45. The summed E-state index contributed by atoms with van der Waals surface area (Å²) < 4.78 is 24.0. The standard InChI is InChI=1S/C15H22FNO3/c1-4-6-13(15(18)19-5-2)20-14-9-11(16)7-8-12(14)10(3)17/h7-10,13H,4-6,17H2,1-3H3. The summed E-state index contributed by atoms with van der Waals surface area (Å²) in [5.74, 6) is -0.566. The average Bonchev–Trinajstić information content (AvgIpc) is 2.38. The molecule has 0 saturated carbocycles. The van der Waals surface area contributed by atoms with Gasteiger partial charge in [0.15, 0.2) is 6.10 Å². The molecule has 1 aromatic carbocycles. The second kappa shape index (κ2) is 7.85. The lowest BCUT2D eigenvalue weighted by Gasteiger charge is -2.20. The fraction of sp³-hybridized carbons (Fsp3) is 0.533. The molecule has 2 N–H and O–H groups in total. The van der Waals surface area contributed by atoms with Crippen molar-refractivity contribution in [2.45, 2.75) is 45.8 Å². The van der Waals surface area contributed by atoms with Crippen LogP contribution >= 0.6 is 0 Å². The molecule has 1 rings (SSSR count). The zero-order chi connectivity index (χ0) is 15.1. The number of hydrogen-bond donors (Lipinski definition) is 1. The molecule has 4 nitrogen and oxygen atoms in total. The Morgan fingerprint density at radius 2 is 2.10 bits per heavy atom. The third-order valence-electron chi connectivity index (χ3n) is 2.84. The lowest BCUT2D eigenvalue weighted by atomic mass is 10.1. The molecular formula is C15H22FNO3. The molecule has 0 spiro atoms. The third-order valence-corrected chi connectivity index (χ3v) is 2.84. The number of rotatable bonds is 7. The van der Waals surface area contributed by atoms with Crippen LogP contribution in [0, 0.1) is 5.82 Å². The quantitative estimate of drug-likeness (QED) is 0.781. The van der Waals surface area contributed by atoms with Crippen molar-refractivity contribution in [2.75, 3.05) is 6.61 Å². The van der Waals surface area contributed by atoms with Crippen LogP contribution in [-0.4, -0.2) is 18.7 Å². The monoisotopic (exact) mass is 283 g/mol. The van der Waals surface area contributed by atoms with Gasteiger partial charge in [0.05, 0.1) is 6.61 Å². The van der Waals surface area contributed by atoms with Crippen LogP contribution in [-0.2, 0) is 9.53 Å². The van der Waals surface area contributed by atoms with Gasteiger partial charge in [-0.25, -0.2) is 9.18 Å². The third kappa shape index (κ3) is 4.49. The molecule has 0 heterocycles. The molecule has 2 atom stereocenters. The van der Waals surface area contributed by atoms with Crippen LogP contribution in [0.1, 0.15) is 45.2 Å². The number of ether oxygens (including phenoxy) is 2. The molecular weight excluding hydrogens is 261 g/mol. The van der Waals surface area contributed by atoms with E-state index in [-0.39, 0.29) is 12.6 Å². The zero-order valence-corrected chi connectivity index (χ0v) is 12.2. The SMILES string of the molecule is CCCC(Oc1cc(F)ccc1C(C)N)C(=O)OCC. The number of benzene rings is 1. The first-order chi connectivity index (χ1) is 9.49. The van der Waals surface area contributed by atoms with Crippen LogP contribution in [0.3, 0.4) is 0 Å². The smallest absolute Gasteiger partial charge is 0.347 e. The van der Waals surface area contributed by atoms with Crippen molar-refractivity contribution in [3.05, 3.63) is 29.6 Å². The van der Waals surface area contributed by atoms with E-state index in [2.05, 4.69) is 0 Å². The lowest BCUT2D eigenvalue weighted by molar-refractivity contribution is -0.151. The highest BCUT2D eigenvalue weighted by Gasteiger charge is 2.23. The van der Waals surface area contributed by atoms with E-state index in [0.29, 0.717) is 17.7 Å². The average molecular weight is 283 g/mol. The largest absolute Gasteiger partial charge is 0.478 e. The Hall–Kier alpha value is -1.62. The fourth-order valence-corrected chi connectivity index (χ4v) is 1.86. The molecule has 112 valence electrons. The van der Waals surface area contributed by atoms with E-state index in [4.69, 9.17) is 15.2 Å². The molecule has 0 aliphatic rings. The van der Waals surface area contributed by atoms with Crippen molar-refractivity contribution in [3.63, 3.8) is 0 Å². The van der Waals surface area contributed by atoms with E-state index in [1.165, 1.54) is 12.1 Å². The second-order valence-corrected chi connectivity index (χ2v) is 4.62. The summed E-state index contributed by atoms with van der Waals surface area (Å²) in [5.41, 5.74) is 6.49. The van der Waals surface area contributed by atoms with Gasteiger partial charge < -0.3 is 15.2 Å². The predicted octanol–water partition coefficient (Wildman–Crippen LogP) is 2.96. The molecule has 2 unspecified atom stereocenters. The normalized spacial score (nSPS) is 13.7. The van der Waals surface area contributed by atoms with Crippen LogP contribution in [0.4, 0.5) is 4.39 Å². The van der Waals surface area contributed by atoms with Gasteiger partial charge in [-0.3, -0.25) is 0 Å². The van der Waals surface area contributed by atoms with E-state index < -0.39 is 17.9 Å². The highest BCUT2D eigenvalue weighted by atomic mass is 19.1. The number of esters is 1. The van der Waals surface area contributed by atoms with Crippen molar-refractivity contribution in [1.29, 1.82) is 0 Å². The van der Waals surface area contributed by atoms with Gasteiger partial charge in [-0.2, -0.15) is 0 Å². The lowest BCUT2D eigenvalue weighted by Crippen LogP contribution is -2.30. The van der Waals surface area contributed by atoms with Crippen LogP contribution in [0.5, 0.6) is 5.75 Å². The molecule has 0 radical (unpaired) electrons. The van der Waals surface area contributed by atoms with E-state index >= 15 is 0 Å². The maximum atomic E-state index is 13.4. The van der Waals surface area contributed by atoms with E-state index in [1.54, 1.807) is 19.9 Å². The van der Waals surface area contributed by atoms with Gasteiger partial charge in [-0.05, 0) is 26.3 Å². The topological polar surface area (TPSA) is 61.5 Å². The van der Waals surface area contributed by atoms with E-state index in [0.717, 1.165) is 6.42 Å². The summed E-state index contributed by atoms with van der Waals surface area (Å²) in [6.45, 7) is 5.73. The van der Waals surface area contributed by atoms with Gasteiger partial charge in [-0.1, -0.05) is 19.4 Å². The minimum absolute atomic E-state index is 0.283. The van der Waals surface area contributed by atoms with Gasteiger partial charge in [0, 0.05) is 17.7 Å². The highest BCUT2D eigenvalue weighted by Crippen LogP contribution is 2.26. The molecule has 1 aromatic rings. The highest BCUT2D eigenvalue weighted by molar-refractivity contribution is 5.75. The molecule has 0 aromatic heterocycles. The van der Waals surface area contributed by atoms with Crippen LogP contribution in [0.25, 0.3) is 0 Å². The van der Waals surface area contributed by atoms with Gasteiger partial charge in [0.25, 0.3) is 0 Å². The minimum Gasteiger partial charge on any atom is -0.478 e. The fourth-order valence-electron chi connectivity index (χ4n) is 1.86. The van der Waals surface area contributed by atoms with Gasteiger partial charge in [0.1, 0.15) is 11.6 Å². The van der Waals surface area contributed by atoms with Crippen molar-refractivity contribution in [3.8, 4) is 5.75 Å². The first-order valence-electron chi connectivity index (χ1n) is 6.87. The number of hydrogen-bond acceptors (Lipinski definition) is 4. The number of carbonyl (C=O) groups is 1. The molecule has 0 saturated heterocycles. The van der Waals surface area contributed by atoms with E-state index in [9.17, 15) is 9.18 Å². The summed E-state index contributed by atoms with van der Waals surface area (Å²) >= 11 is 0. The molecule has 0 bridgehead atoms. The first kappa shape index (κ1) is 16.4.